The number of hydrogen-bond acceptors (Lipinski definition) is 7. The molecular formula is C24H30FN5O4S. The van der Waals surface area contributed by atoms with Crippen molar-refractivity contribution in [1.29, 1.82) is 0 Å². The van der Waals surface area contributed by atoms with Gasteiger partial charge in [0.2, 0.25) is 0 Å². The van der Waals surface area contributed by atoms with E-state index in [1.807, 2.05) is 39.5 Å². The van der Waals surface area contributed by atoms with Gasteiger partial charge in [0.15, 0.2) is 5.03 Å². The minimum absolute atomic E-state index is 0.0454. The quantitative estimate of drug-likeness (QED) is 0.429. The summed E-state index contributed by atoms with van der Waals surface area (Å²) < 4.78 is 47.2. The Morgan fingerprint density at radius 3 is 2.51 bits per heavy atom. The van der Waals surface area contributed by atoms with Crippen molar-refractivity contribution in [3.05, 3.63) is 54.0 Å². The Morgan fingerprint density at radius 1 is 1.17 bits per heavy atom. The summed E-state index contributed by atoms with van der Waals surface area (Å²) in [7, 11) is -4.15. The van der Waals surface area contributed by atoms with Crippen molar-refractivity contribution in [2.75, 3.05) is 18.1 Å². The van der Waals surface area contributed by atoms with Crippen LogP contribution in [-0.2, 0) is 10.0 Å². The van der Waals surface area contributed by atoms with Gasteiger partial charge in [-0.25, -0.2) is 14.1 Å². The summed E-state index contributed by atoms with van der Waals surface area (Å²) in [5.74, 6) is -0.389. The predicted octanol–water partition coefficient (Wildman–Crippen LogP) is 4.00. The van der Waals surface area contributed by atoms with E-state index in [0.29, 0.717) is 30.2 Å². The van der Waals surface area contributed by atoms with Crippen molar-refractivity contribution in [2.45, 2.75) is 45.7 Å². The number of nitrogens with zero attached hydrogens (tertiary/aromatic N) is 3. The first-order valence-electron chi connectivity index (χ1n) is 11.3. The van der Waals surface area contributed by atoms with Gasteiger partial charge >= 0.3 is 0 Å². The van der Waals surface area contributed by atoms with Gasteiger partial charge in [-0.2, -0.15) is 13.5 Å². The van der Waals surface area contributed by atoms with Crippen LogP contribution in [0.15, 0.2) is 47.6 Å². The summed E-state index contributed by atoms with van der Waals surface area (Å²) in [5, 5.41) is 5.71. The molecule has 0 aliphatic rings. The molecule has 9 nitrogen and oxygen atoms in total. The SMILES string of the molecule is CCN(c1nc(-c2cc(F)cc(OCC(C)C)c2)ccc1C(=O)NS(=O)(=O)c1ccn[nH]1)C(C)C. The number of sulfonamides is 1. The van der Waals surface area contributed by atoms with Gasteiger partial charge in [-0.3, -0.25) is 9.89 Å². The van der Waals surface area contributed by atoms with Crippen LogP contribution in [0.2, 0.25) is 0 Å². The van der Waals surface area contributed by atoms with Crippen LogP contribution >= 0.6 is 0 Å². The molecule has 1 aromatic carbocycles. The highest BCUT2D eigenvalue weighted by Crippen LogP contribution is 2.29. The number of amides is 1. The van der Waals surface area contributed by atoms with E-state index in [-0.39, 0.29) is 28.4 Å². The number of rotatable bonds is 10. The topological polar surface area (TPSA) is 117 Å². The zero-order chi connectivity index (χ0) is 25.8. The average molecular weight is 504 g/mol. The lowest BCUT2D eigenvalue weighted by Crippen LogP contribution is -2.36. The maximum absolute atomic E-state index is 14.4. The third-order valence-corrected chi connectivity index (χ3v) is 6.36. The molecule has 0 atom stereocenters. The maximum Gasteiger partial charge on any atom is 0.281 e. The van der Waals surface area contributed by atoms with Gasteiger partial charge < -0.3 is 9.64 Å². The molecule has 0 saturated carbocycles. The van der Waals surface area contributed by atoms with Gasteiger partial charge in [-0.15, -0.1) is 0 Å². The standard InChI is InChI=1S/C24H30FN5O4S/c1-6-30(16(4)5)23-20(24(31)29-35(32,33)22-9-10-26-28-22)7-8-21(27-23)17-11-18(25)13-19(12-17)34-14-15(2)3/h7-13,15-16H,6,14H2,1-5H3,(H,26,28)(H,29,31). The zero-order valence-electron chi connectivity index (χ0n) is 20.4. The van der Waals surface area contributed by atoms with Crippen LogP contribution in [-0.4, -0.2) is 48.7 Å². The Bertz CT molecular complexity index is 1280. The molecule has 2 aromatic heterocycles. The van der Waals surface area contributed by atoms with Crippen LogP contribution in [0.25, 0.3) is 11.3 Å². The van der Waals surface area contributed by atoms with E-state index in [1.54, 1.807) is 12.1 Å². The van der Waals surface area contributed by atoms with Crippen molar-refractivity contribution < 1.29 is 22.3 Å². The van der Waals surface area contributed by atoms with Crippen LogP contribution in [0.3, 0.4) is 0 Å². The summed E-state index contributed by atoms with van der Waals surface area (Å²) >= 11 is 0. The number of pyridine rings is 1. The number of halogens is 1. The van der Waals surface area contributed by atoms with Crippen molar-refractivity contribution >= 4 is 21.7 Å². The third-order valence-electron chi connectivity index (χ3n) is 5.10. The first-order valence-corrected chi connectivity index (χ1v) is 12.8. The number of ether oxygens (including phenoxy) is 1. The van der Waals surface area contributed by atoms with E-state index in [2.05, 4.69) is 19.9 Å². The summed E-state index contributed by atoms with van der Waals surface area (Å²) in [6.45, 7) is 10.7. The first-order chi connectivity index (χ1) is 16.5. The molecule has 11 heteroatoms. The molecule has 188 valence electrons. The van der Waals surface area contributed by atoms with E-state index >= 15 is 0 Å². The Kier molecular flexibility index (Phi) is 8.11. The minimum atomic E-state index is -4.15. The predicted molar refractivity (Wildman–Crippen MR) is 131 cm³/mol. The van der Waals surface area contributed by atoms with E-state index in [9.17, 15) is 17.6 Å². The third kappa shape index (κ3) is 6.36. The Hall–Kier alpha value is -3.47. The lowest BCUT2D eigenvalue weighted by Gasteiger charge is -2.28. The Morgan fingerprint density at radius 2 is 1.91 bits per heavy atom. The smallest absolute Gasteiger partial charge is 0.281 e. The van der Waals surface area contributed by atoms with Gasteiger partial charge in [-0.1, -0.05) is 13.8 Å². The molecule has 0 bridgehead atoms. The van der Waals surface area contributed by atoms with Gasteiger partial charge in [0.25, 0.3) is 15.9 Å². The normalized spacial score (nSPS) is 11.7. The summed E-state index contributed by atoms with van der Waals surface area (Å²) in [6.07, 6.45) is 1.27. The van der Waals surface area contributed by atoms with E-state index < -0.39 is 21.7 Å². The van der Waals surface area contributed by atoms with Crippen molar-refractivity contribution in [3.8, 4) is 17.0 Å². The number of benzene rings is 1. The molecule has 0 aliphatic carbocycles. The van der Waals surface area contributed by atoms with Crippen LogP contribution in [0, 0.1) is 11.7 Å². The molecule has 0 spiro atoms. The number of hydrogen-bond donors (Lipinski definition) is 2. The van der Waals surface area contributed by atoms with Crippen LogP contribution in [0.5, 0.6) is 5.75 Å². The van der Waals surface area contributed by atoms with Crippen LogP contribution in [0.4, 0.5) is 10.2 Å². The second kappa shape index (κ2) is 10.9. The fourth-order valence-corrected chi connectivity index (χ4v) is 4.32. The van der Waals surface area contributed by atoms with Crippen LogP contribution < -0.4 is 14.4 Å². The number of aromatic nitrogens is 3. The summed E-state index contributed by atoms with van der Waals surface area (Å²) in [5.41, 5.74) is 0.961. The molecule has 0 saturated heterocycles. The molecule has 2 heterocycles. The number of H-pyrrole nitrogens is 1. The Labute approximate surface area is 204 Å². The summed E-state index contributed by atoms with van der Waals surface area (Å²) in [4.78, 5) is 19.6. The zero-order valence-corrected chi connectivity index (χ0v) is 21.2. The first kappa shape index (κ1) is 26.1. The lowest BCUT2D eigenvalue weighted by molar-refractivity contribution is 0.0981. The fourth-order valence-electron chi connectivity index (χ4n) is 3.45. The van der Waals surface area contributed by atoms with Gasteiger partial charge in [0, 0.05) is 24.2 Å². The fraction of sp³-hybridized carbons (Fsp3) is 0.375. The van der Waals surface area contributed by atoms with Crippen molar-refractivity contribution in [2.24, 2.45) is 5.92 Å². The molecule has 0 fully saturated rings. The second-order valence-corrected chi connectivity index (χ2v) is 10.3. The molecule has 3 rings (SSSR count). The molecule has 0 unspecified atom stereocenters. The van der Waals surface area contributed by atoms with Gasteiger partial charge in [0.1, 0.15) is 17.4 Å². The second-order valence-electron chi connectivity index (χ2n) is 8.68. The van der Waals surface area contributed by atoms with Crippen LogP contribution in [0.1, 0.15) is 45.0 Å². The monoisotopic (exact) mass is 503 g/mol. The molecule has 2 N–H and O–H groups in total. The molecule has 3 aromatic rings. The largest absolute Gasteiger partial charge is 0.493 e. The number of carbonyl (C=O) groups excluding carboxylic acids is 1. The highest BCUT2D eigenvalue weighted by molar-refractivity contribution is 7.90. The highest BCUT2D eigenvalue weighted by Gasteiger charge is 2.25. The maximum atomic E-state index is 14.4. The van der Waals surface area contributed by atoms with E-state index in [0.717, 1.165) is 0 Å². The Balaban J connectivity index is 2.04. The molecule has 35 heavy (non-hydrogen) atoms. The molecular weight excluding hydrogens is 473 g/mol. The van der Waals surface area contributed by atoms with Crippen molar-refractivity contribution in [1.82, 2.24) is 19.9 Å². The summed E-state index contributed by atoms with van der Waals surface area (Å²) in [6, 6.07) is 8.56. The molecule has 1 amide bonds. The van der Waals surface area contributed by atoms with E-state index in [1.165, 1.54) is 30.5 Å². The van der Waals surface area contributed by atoms with Crippen molar-refractivity contribution in [3.63, 3.8) is 0 Å². The number of nitrogens with one attached hydrogen (secondary N) is 2. The number of anilines is 1. The van der Waals surface area contributed by atoms with Gasteiger partial charge in [0.05, 0.1) is 24.1 Å². The molecule has 0 aliphatic heterocycles. The highest BCUT2D eigenvalue weighted by atomic mass is 32.2. The lowest BCUT2D eigenvalue weighted by atomic mass is 10.1. The van der Waals surface area contributed by atoms with E-state index in [4.69, 9.17) is 4.74 Å². The van der Waals surface area contributed by atoms with Gasteiger partial charge in [-0.05, 0) is 57.0 Å². The molecule has 0 radical (unpaired) electrons. The minimum Gasteiger partial charge on any atom is -0.493 e. The average Bonchev–Trinajstić information content (AvgIpc) is 3.33. The number of aromatic amines is 1. The number of carbonyl (C=O) groups is 1.